The first-order valence-electron chi connectivity index (χ1n) is 3.37. The Morgan fingerprint density at radius 2 is 2.00 bits per heavy atom. The minimum Gasteiger partial charge on any atom is -0.324 e. The summed E-state index contributed by atoms with van der Waals surface area (Å²) >= 11 is 4.68. The van der Waals surface area contributed by atoms with E-state index in [1.54, 1.807) is 5.37 Å². The van der Waals surface area contributed by atoms with Gasteiger partial charge in [-0.2, -0.15) is 0 Å². The molecule has 0 heterocycles. The van der Waals surface area contributed by atoms with Crippen molar-refractivity contribution in [1.29, 1.82) is 0 Å². The lowest BCUT2D eigenvalue weighted by Gasteiger charge is -2.06. The number of hydrogen-bond acceptors (Lipinski definition) is 2. The van der Waals surface area contributed by atoms with Crippen LogP contribution in [0.15, 0.2) is 0 Å². The van der Waals surface area contributed by atoms with Crippen LogP contribution in [0.5, 0.6) is 0 Å². The van der Waals surface area contributed by atoms with Crippen molar-refractivity contribution in [2.75, 3.05) is 0 Å². The quantitative estimate of drug-likeness (QED) is 0.610. The molecule has 0 bridgehead atoms. The van der Waals surface area contributed by atoms with Crippen LogP contribution in [0.25, 0.3) is 0 Å². The molecule has 1 atom stereocenters. The van der Waals surface area contributed by atoms with E-state index in [0.717, 1.165) is 12.3 Å². The molecule has 0 radical (unpaired) electrons. The van der Waals surface area contributed by atoms with E-state index in [4.69, 9.17) is 5.73 Å². The van der Waals surface area contributed by atoms with E-state index in [0.29, 0.717) is 0 Å². The summed E-state index contributed by atoms with van der Waals surface area (Å²) in [4.78, 5) is 0. The maximum Gasteiger partial charge on any atom is 0.0328 e. The second kappa shape index (κ2) is 4.89. The molecule has 0 aliphatic carbocycles. The minimum absolute atomic E-state index is 0.127. The zero-order chi connectivity index (χ0) is 7.28. The van der Waals surface area contributed by atoms with Crippen LogP contribution >= 0.6 is 12.2 Å². The molecule has 0 saturated carbocycles. The summed E-state index contributed by atoms with van der Waals surface area (Å²) in [5.41, 5.74) is 5.56. The highest BCUT2D eigenvalue weighted by Crippen LogP contribution is 2.03. The van der Waals surface area contributed by atoms with Crippen molar-refractivity contribution in [1.82, 2.24) is 0 Å². The molecular weight excluding hydrogens is 130 g/mol. The van der Waals surface area contributed by atoms with Crippen LogP contribution in [0.2, 0.25) is 0 Å². The lowest BCUT2D eigenvalue weighted by atomic mass is 10.1. The van der Waals surface area contributed by atoms with E-state index in [-0.39, 0.29) is 6.04 Å². The van der Waals surface area contributed by atoms with Gasteiger partial charge < -0.3 is 5.73 Å². The second-order valence-corrected chi connectivity index (χ2v) is 3.04. The average Bonchev–Trinajstić information content (AvgIpc) is 1.83. The fourth-order valence-corrected chi connectivity index (χ4v) is 0.730. The van der Waals surface area contributed by atoms with Gasteiger partial charge in [-0.25, -0.2) is 0 Å². The number of rotatable bonds is 4. The molecule has 1 nitrogen and oxygen atoms in total. The van der Waals surface area contributed by atoms with Crippen LogP contribution in [0, 0.1) is 5.92 Å². The summed E-state index contributed by atoms with van der Waals surface area (Å²) in [6.45, 7) is 4.38. The Labute approximate surface area is 62.6 Å². The fourth-order valence-electron chi connectivity index (χ4n) is 0.594. The molecule has 54 valence electrons. The molecule has 0 aliphatic rings. The third-order valence-electron chi connectivity index (χ3n) is 1.25. The van der Waals surface area contributed by atoms with Crippen molar-refractivity contribution < 1.29 is 0 Å². The van der Waals surface area contributed by atoms with E-state index < -0.39 is 0 Å². The first-order chi connectivity index (χ1) is 4.16. The Kier molecular flexibility index (Phi) is 4.91. The van der Waals surface area contributed by atoms with Crippen LogP contribution in [0.1, 0.15) is 26.7 Å². The van der Waals surface area contributed by atoms with E-state index in [2.05, 4.69) is 26.1 Å². The zero-order valence-electron chi connectivity index (χ0n) is 6.13. The molecule has 0 aromatic heterocycles. The van der Waals surface area contributed by atoms with Gasteiger partial charge in [-0.3, -0.25) is 0 Å². The Morgan fingerprint density at radius 3 is 2.33 bits per heavy atom. The van der Waals surface area contributed by atoms with Crippen molar-refractivity contribution in [3.63, 3.8) is 0 Å². The van der Waals surface area contributed by atoms with E-state index in [9.17, 15) is 0 Å². The summed E-state index contributed by atoms with van der Waals surface area (Å²) in [5.74, 6) is 0.742. The van der Waals surface area contributed by atoms with Gasteiger partial charge in [0, 0.05) is 6.04 Å². The monoisotopic (exact) mass is 145 g/mol. The number of hydrogen-bond donors (Lipinski definition) is 1. The summed E-state index contributed by atoms with van der Waals surface area (Å²) in [6, 6.07) is 0.127. The number of nitrogens with two attached hydrogens (primary N) is 1. The Morgan fingerprint density at radius 1 is 1.44 bits per heavy atom. The van der Waals surface area contributed by atoms with Gasteiger partial charge >= 0.3 is 0 Å². The highest BCUT2D eigenvalue weighted by molar-refractivity contribution is 7.79. The standard InChI is InChI=1S/C7H15NS/c1-6(2)3-4-7(8)5-9/h5-7H,3-4,8H2,1-2H3. The third-order valence-corrected chi connectivity index (χ3v) is 1.60. The van der Waals surface area contributed by atoms with Gasteiger partial charge in [0.25, 0.3) is 0 Å². The SMILES string of the molecule is CC(C)CCC(N)C=S. The lowest BCUT2D eigenvalue weighted by Crippen LogP contribution is -2.20. The molecule has 0 fully saturated rings. The van der Waals surface area contributed by atoms with Crippen molar-refractivity contribution >= 4 is 17.6 Å². The van der Waals surface area contributed by atoms with Gasteiger partial charge in [0.15, 0.2) is 0 Å². The van der Waals surface area contributed by atoms with E-state index in [1.807, 2.05) is 0 Å². The molecule has 0 aromatic carbocycles. The molecule has 0 amide bonds. The Hall–Kier alpha value is 0.0500. The van der Waals surface area contributed by atoms with Crippen molar-refractivity contribution in [3.8, 4) is 0 Å². The highest BCUT2D eigenvalue weighted by Gasteiger charge is 1.98. The molecule has 0 aliphatic heterocycles. The maximum absolute atomic E-state index is 5.56. The molecule has 9 heavy (non-hydrogen) atoms. The van der Waals surface area contributed by atoms with Crippen LogP contribution in [0.3, 0.4) is 0 Å². The van der Waals surface area contributed by atoms with Gasteiger partial charge in [0.1, 0.15) is 0 Å². The summed E-state index contributed by atoms with van der Waals surface area (Å²) < 4.78 is 0. The van der Waals surface area contributed by atoms with Crippen LogP contribution in [-0.4, -0.2) is 11.4 Å². The van der Waals surface area contributed by atoms with Crippen LogP contribution < -0.4 is 5.73 Å². The van der Waals surface area contributed by atoms with Gasteiger partial charge in [-0.1, -0.05) is 26.1 Å². The molecule has 2 N–H and O–H groups in total. The van der Waals surface area contributed by atoms with Crippen LogP contribution in [0.4, 0.5) is 0 Å². The van der Waals surface area contributed by atoms with Gasteiger partial charge in [0.05, 0.1) is 0 Å². The topological polar surface area (TPSA) is 26.0 Å². The summed E-state index contributed by atoms with van der Waals surface area (Å²) in [7, 11) is 0. The molecule has 2 heteroatoms. The third kappa shape index (κ3) is 5.93. The Balaban J connectivity index is 3.16. The number of thiocarbonyl (C=S) groups is 1. The van der Waals surface area contributed by atoms with Gasteiger partial charge in [0.2, 0.25) is 0 Å². The molecule has 1 unspecified atom stereocenters. The Bertz CT molecular complexity index is 81.0. The average molecular weight is 145 g/mol. The highest BCUT2D eigenvalue weighted by atomic mass is 32.1. The van der Waals surface area contributed by atoms with Gasteiger partial charge in [-0.05, 0) is 24.1 Å². The van der Waals surface area contributed by atoms with Crippen LogP contribution in [-0.2, 0) is 0 Å². The zero-order valence-corrected chi connectivity index (χ0v) is 6.95. The minimum atomic E-state index is 0.127. The van der Waals surface area contributed by atoms with Crippen molar-refractivity contribution in [2.45, 2.75) is 32.7 Å². The maximum atomic E-state index is 5.56. The van der Waals surface area contributed by atoms with E-state index >= 15 is 0 Å². The molecule has 0 spiro atoms. The normalized spacial score (nSPS) is 13.8. The van der Waals surface area contributed by atoms with Gasteiger partial charge in [-0.15, -0.1) is 0 Å². The summed E-state index contributed by atoms with van der Waals surface area (Å²) in [5, 5.41) is 1.64. The lowest BCUT2D eigenvalue weighted by molar-refractivity contribution is 0.544. The van der Waals surface area contributed by atoms with Crippen molar-refractivity contribution in [3.05, 3.63) is 0 Å². The predicted octanol–water partition coefficient (Wildman–Crippen LogP) is 1.75. The fraction of sp³-hybridized carbons (Fsp3) is 0.857. The first-order valence-corrected chi connectivity index (χ1v) is 3.84. The molecule has 0 saturated heterocycles. The summed E-state index contributed by atoms with van der Waals surface area (Å²) in [6.07, 6.45) is 2.20. The second-order valence-electron chi connectivity index (χ2n) is 2.77. The smallest absolute Gasteiger partial charge is 0.0328 e. The molecule has 0 aromatic rings. The largest absolute Gasteiger partial charge is 0.324 e. The molecule has 0 rings (SSSR count). The first kappa shape index (κ1) is 9.05. The predicted molar refractivity (Wildman–Crippen MR) is 45.7 cm³/mol. The van der Waals surface area contributed by atoms with E-state index in [1.165, 1.54) is 6.42 Å². The van der Waals surface area contributed by atoms with Crippen molar-refractivity contribution in [2.24, 2.45) is 11.7 Å². The molecular formula is C7H15NS.